The molecule has 0 atom stereocenters. The Morgan fingerprint density at radius 3 is 2.79 bits per heavy atom. The molecule has 0 amide bonds. The van der Waals surface area contributed by atoms with Crippen LogP contribution >= 0.6 is 0 Å². The van der Waals surface area contributed by atoms with Gasteiger partial charge in [0.15, 0.2) is 0 Å². The van der Waals surface area contributed by atoms with Gasteiger partial charge in [0.05, 0.1) is 12.4 Å². The normalized spacial score (nSPS) is 10.1. The first-order chi connectivity index (χ1) is 6.72. The van der Waals surface area contributed by atoms with E-state index in [0.717, 1.165) is 17.7 Å². The molecule has 76 valence electrons. The molecule has 3 heteroatoms. The van der Waals surface area contributed by atoms with Gasteiger partial charge in [-0.25, -0.2) is 0 Å². The second kappa shape index (κ2) is 5.40. The van der Waals surface area contributed by atoms with Crippen molar-refractivity contribution < 1.29 is 4.74 Å². The molecule has 1 aromatic rings. The van der Waals surface area contributed by atoms with E-state index < -0.39 is 0 Å². The Hall–Kier alpha value is -1.35. The maximum atomic E-state index is 7.19. The minimum atomic E-state index is 0.193. The molecule has 0 radical (unpaired) electrons. The Kier molecular flexibility index (Phi) is 4.13. The van der Waals surface area contributed by atoms with Crippen LogP contribution in [0.3, 0.4) is 0 Å². The molecule has 0 aromatic heterocycles. The van der Waals surface area contributed by atoms with Gasteiger partial charge in [0, 0.05) is 13.0 Å². The third-order valence-corrected chi connectivity index (χ3v) is 1.86. The monoisotopic (exact) mass is 192 g/mol. The fourth-order valence-electron chi connectivity index (χ4n) is 1.27. The summed E-state index contributed by atoms with van der Waals surface area (Å²) in [7, 11) is 0. The van der Waals surface area contributed by atoms with Crippen LogP contribution in [0.1, 0.15) is 18.1 Å². The average Bonchev–Trinajstić information content (AvgIpc) is 2.14. The van der Waals surface area contributed by atoms with E-state index in [-0.39, 0.29) is 5.84 Å². The highest BCUT2D eigenvalue weighted by atomic mass is 16.5. The van der Waals surface area contributed by atoms with Crippen LogP contribution in [0.15, 0.2) is 24.3 Å². The largest absolute Gasteiger partial charge is 0.387 e. The van der Waals surface area contributed by atoms with E-state index in [1.54, 1.807) is 0 Å². The van der Waals surface area contributed by atoms with Gasteiger partial charge in [-0.3, -0.25) is 5.41 Å². The Balaban J connectivity index is 2.63. The summed E-state index contributed by atoms with van der Waals surface area (Å²) in [5, 5.41) is 7.19. The third kappa shape index (κ3) is 3.58. The fourth-order valence-corrected chi connectivity index (χ4v) is 1.27. The Morgan fingerprint density at radius 2 is 2.14 bits per heavy atom. The van der Waals surface area contributed by atoms with Gasteiger partial charge in [-0.1, -0.05) is 24.3 Å². The highest BCUT2D eigenvalue weighted by Gasteiger charge is 1.97. The standard InChI is InChI=1S/C11H16N2O/c1-2-14-8-10-5-3-4-9(6-10)7-11(12)13/h3-6H,2,7-8H2,1H3,(H3,12,13). The average molecular weight is 192 g/mol. The van der Waals surface area contributed by atoms with Crippen molar-refractivity contribution in [2.24, 2.45) is 5.73 Å². The quantitative estimate of drug-likeness (QED) is 0.551. The summed E-state index contributed by atoms with van der Waals surface area (Å²) >= 11 is 0. The van der Waals surface area contributed by atoms with Crippen LogP contribution in [0.4, 0.5) is 0 Å². The lowest BCUT2D eigenvalue weighted by Gasteiger charge is -2.04. The summed E-state index contributed by atoms with van der Waals surface area (Å²) in [6, 6.07) is 7.97. The van der Waals surface area contributed by atoms with Crippen molar-refractivity contribution in [3.05, 3.63) is 35.4 Å². The predicted octanol–water partition coefficient (Wildman–Crippen LogP) is 1.70. The SMILES string of the molecule is CCOCc1cccc(CC(=N)N)c1. The molecule has 1 aromatic carbocycles. The molecule has 0 bridgehead atoms. The molecule has 0 spiro atoms. The van der Waals surface area contributed by atoms with Gasteiger partial charge in [0.1, 0.15) is 0 Å². The fraction of sp³-hybridized carbons (Fsp3) is 0.364. The topological polar surface area (TPSA) is 59.1 Å². The van der Waals surface area contributed by atoms with Crippen LogP contribution in [-0.4, -0.2) is 12.4 Å². The molecule has 0 fully saturated rings. The molecule has 3 nitrogen and oxygen atoms in total. The van der Waals surface area contributed by atoms with E-state index in [9.17, 15) is 0 Å². The zero-order valence-corrected chi connectivity index (χ0v) is 8.42. The number of hydrogen-bond donors (Lipinski definition) is 2. The molecular formula is C11H16N2O. The summed E-state index contributed by atoms with van der Waals surface area (Å²) in [4.78, 5) is 0. The highest BCUT2D eigenvalue weighted by molar-refractivity contribution is 5.79. The van der Waals surface area contributed by atoms with Gasteiger partial charge in [-0.15, -0.1) is 0 Å². The molecule has 0 unspecified atom stereocenters. The first-order valence-corrected chi connectivity index (χ1v) is 4.71. The highest BCUT2D eigenvalue weighted by Crippen LogP contribution is 2.07. The van der Waals surface area contributed by atoms with E-state index in [0.29, 0.717) is 13.0 Å². The van der Waals surface area contributed by atoms with Crippen molar-refractivity contribution in [2.45, 2.75) is 20.0 Å². The zero-order valence-electron chi connectivity index (χ0n) is 8.42. The second-order valence-electron chi connectivity index (χ2n) is 3.16. The van der Waals surface area contributed by atoms with Crippen LogP contribution in [0, 0.1) is 5.41 Å². The number of rotatable bonds is 5. The Morgan fingerprint density at radius 1 is 1.43 bits per heavy atom. The van der Waals surface area contributed by atoms with Gasteiger partial charge >= 0.3 is 0 Å². The molecule has 0 aliphatic rings. The maximum absolute atomic E-state index is 7.19. The molecule has 0 aliphatic carbocycles. The first kappa shape index (κ1) is 10.7. The van der Waals surface area contributed by atoms with E-state index in [1.807, 2.05) is 31.2 Å². The summed E-state index contributed by atoms with van der Waals surface area (Å²) in [6.45, 7) is 3.32. The van der Waals surface area contributed by atoms with E-state index >= 15 is 0 Å². The molecule has 3 N–H and O–H groups in total. The van der Waals surface area contributed by atoms with Crippen molar-refractivity contribution in [2.75, 3.05) is 6.61 Å². The smallest absolute Gasteiger partial charge is 0.0950 e. The van der Waals surface area contributed by atoms with Crippen LogP contribution in [0.25, 0.3) is 0 Å². The summed E-state index contributed by atoms with van der Waals surface area (Å²) in [5.41, 5.74) is 7.52. The van der Waals surface area contributed by atoms with Gasteiger partial charge in [0.25, 0.3) is 0 Å². The van der Waals surface area contributed by atoms with Crippen molar-refractivity contribution in [1.82, 2.24) is 0 Å². The molecule has 0 heterocycles. The van der Waals surface area contributed by atoms with Gasteiger partial charge in [-0.05, 0) is 18.1 Å². The van der Waals surface area contributed by atoms with Gasteiger partial charge in [0.2, 0.25) is 0 Å². The zero-order chi connectivity index (χ0) is 10.4. The number of nitrogens with one attached hydrogen (secondary N) is 1. The van der Waals surface area contributed by atoms with Crippen molar-refractivity contribution in [3.8, 4) is 0 Å². The maximum Gasteiger partial charge on any atom is 0.0950 e. The van der Waals surface area contributed by atoms with Crippen LogP contribution in [-0.2, 0) is 17.8 Å². The molecule has 1 rings (SSSR count). The number of hydrogen-bond acceptors (Lipinski definition) is 2. The molecule has 0 saturated carbocycles. The number of benzene rings is 1. The van der Waals surface area contributed by atoms with E-state index in [4.69, 9.17) is 15.9 Å². The van der Waals surface area contributed by atoms with Crippen LogP contribution in [0.5, 0.6) is 0 Å². The lowest BCUT2D eigenvalue weighted by atomic mass is 10.1. The predicted molar refractivity (Wildman–Crippen MR) is 57.4 cm³/mol. The van der Waals surface area contributed by atoms with Gasteiger partial charge in [-0.2, -0.15) is 0 Å². The van der Waals surface area contributed by atoms with Crippen molar-refractivity contribution >= 4 is 5.84 Å². The number of nitrogens with two attached hydrogens (primary N) is 1. The molecular weight excluding hydrogens is 176 g/mol. The molecule has 14 heavy (non-hydrogen) atoms. The minimum absolute atomic E-state index is 0.193. The molecule has 0 aliphatic heterocycles. The Bertz CT molecular complexity index is 310. The van der Waals surface area contributed by atoms with Crippen LogP contribution in [0.2, 0.25) is 0 Å². The summed E-state index contributed by atoms with van der Waals surface area (Å²) in [6.07, 6.45) is 0.514. The van der Waals surface area contributed by atoms with Gasteiger partial charge < -0.3 is 10.5 Å². The van der Waals surface area contributed by atoms with Crippen molar-refractivity contribution in [3.63, 3.8) is 0 Å². The summed E-state index contributed by atoms with van der Waals surface area (Å²) in [5.74, 6) is 0.193. The van der Waals surface area contributed by atoms with E-state index in [1.165, 1.54) is 0 Å². The minimum Gasteiger partial charge on any atom is -0.387 e. The summed E-state index contributed by atoms with van der Waals surface area (Å²) < 4.78 is 5.29. The first-order valence-electron chi connectivity index (χ1n) is 4.71. The number of ether oxygens (including phenoxy) is 1. The lowest BCUT2D eigenvalue weighted by Crippen LogP contribution is -2.12. The van der Waals surface area contributed by atoms with Crippen LogP contribution < -0.4 is 5.73 Å². The second-order valence-corrected chi connectivity index (χ2v) is 3.16. The number of amidine groups is 1. The third-order valence-electron chi connectivity index (χ3n) is 1.86. The Labute approximate surface area is 84.4 Å². The lowest BCUT2D eigenvalue weighted by molar-refractivity contribution is 0.134. The van der Waals surface area contributed by atoms with E-state index in [2.05, 4.69) is 0 Å². The van der Waals surface area contributed by atoms with Crippen molar-refractivity contribution in [1.29, 1.82) is 5.41 Å². The molecule has 0 saturated heterocycles.